The molecule has 4 rings (SSSR count). The number of aromatic nitrogens is 2. The Kier molecular flexibility index (Phi) is 6.08. The minimum atomic E-state index is -0.833. The summed E-state index contributed by atoms with van der Waals surface area (Å²) < 4.78 is 2.05. The van der Waals surface area contributed by atoms with Crippen molar-refractivity contribution in [2.24, 2.45) is 0 Å². The average Bonchev–Trinajstić information content (AvgIpc) is 3.23. The van der Waals surface area contributed by atoms with Crippen LogP contribution in [0, 0.1) is 6.92 Å². The number of imidazole rings is 1. The van der Waals surface area contributed by atoms with Crippen molar-refractivity contribution in [1.82, 2.24) is 19.8 Å². The molecule has 0 aliphatic carbocycles. The van der Waals surface area contributed by atoms with Gasteiger partial charge in [0.25, 0.3) is 11.8 Å². The van der Waals surface area contributed by atoms with Gasteiger partial charge < -0.3 is 9.88 Å². The fourth-order valence-corrected chi connectivity index (χ4v) is 4.44. The first-order chi connectivity index (χ1) is 15.0. The third kappa shape index (κ3) is 3.95. The number of hydrogen-bond acceptors (Lipinski definition) is 5. The van der Waals surface area contributed by atoms with E-state index in [1.807, 2.05) is 37.4 Å². The highest BCUT2D eigenvalue weighted by Crippen LogP contribution is 2.26. The van der Waals surface area contributed by atoms with E-state index in [0.717, 1.165) is 21.8 Å². The Morgan fingerprint density at radius 2 is 1.71 bits per heavy atom. The lowest BCUT2D eigenvalue weighted by atomic mass is 10.1. The van der Waals surface area contributed by atoms with E-state index in [4.69, 9.17) is 0 Å². The van der Waals surface area contributed by atoms with Gasteiger partial charge in [-0.15, -0.1) is 0 Å². The van der Waals surface area contributed by atoms with Gasteiger partial charge in [0.15, 0.2) is 0 Å². The number of para-hydroxylation sites is 2. The largest absolute Gasteiger partial charge is 0.353 e. The van der Waals surface area contributed by atoms with E-state index in [9.17, 15) is 14.4 Å². The van der Waals surface area contributed by atoms with Crippen LogP contribution in [0.3, 0.4) is 0 Å². The summed E-state index contributed by atoms with van der Waals surface area (Å²) in [5, 5.41) is 2.92. The maximum atomic E-state index is 13.1. The molecule has 1 atom stereocenters. The molecule has 2 heterocycles. The highest BCUT2D eigenvalue weighted by molar-refractivity contribution is 7.98. The molecule has 3 amide bonds. The van der Waals surface area contributed by atoms with Gasteiger partial charge in [-0.1, -0.05) is 24.3 Å². The number of imide groups is 1. The molecule has 0 bridgehead atoms. The van der Waals surface area contributed by atoms with Gasteiger partial charge in [-0.2, -0.15) is 11.8 Å². The monoisotopic (exact) mass is 436 g/mol. The second-order valence-electron chi connectivity index (χ2n) is 7.41. The Bertz CT molecular complexity index is 1120. The molecule has 0 spiro atoms. The Morgan fingerprint density at radius 3 is 2.39 bits per heavy atom. The predicted molar refractivity (Wildman–Crippen MR) is 121 cm³/mol. The van der Waals surface area contributed by atoms with Gasteiger partial charge in [0.05, 0.1) is 22.2 Å². The van der Waals surface area contributed by atoms with Crippen molar-refractivity contribution in [1.29, 1.82) is 0 Å². The van der Waals surface area contributed by atoms with E-state index in [0.29, 0.717) is 36.4 Å². The zero-order chi connectivity index (χ0) is 22.0. The Hall–Kier alpha value is -3.13. The Balaban J connectivity index is 1.48. The van der Waals surface area contributed by atoms with Crippen LogP contribution in [0.1, 0.15) is 33.0 Å². The summed E-state index contributed by atoms with van der Waals surface area (Å²) in [6.07, 6.45) is 2.34. The van der Waals surface area contributed by atoms with Crippen LogP contribution in [0.4, 0.5) is 0 Å². The zero-order valence-electron chi connectivity index (χ0n) is 17.5. The summed E-state index contributed by atoms with van der Waals surface area (Å²) in [6, 6.07) is 13.7. The molecule has 0 radical (unpaired) electrons. The molecule has 0 saturated carbocycles. The molecule has 0 saturated heterocycles. The summed E-state index contributed by atoms with van der Waals surface area (Å²) in [5.74, 6) is 0.411. The highest BCUT2D eigenvalue weighted by Gasteiger charge is 2.42. The summed E-state index contributed by atoms with van der Waals surface area (Å²) in [4.78, 5) is 44.5. The first kappa shape index (κ1) is 21.1. The van der Waals surface area contributed by atoms with Crippen molar-refractivity contribution in [3.63, 3.8) is 0 Å². The van der Waals surface area contributed by atoms with E-state index >= 15 is 0 Å². The number of benzene rings is 2. The number of nitrogens with one attached hydrogen (secondary N) is 1. The molecule has 31 heavy (non-hydrogen) atoms. The lowest BCUT2D eigenvalue weighted by Gasteiger charge is -2.25. The number of fused-ring (bicyclic) bond motifs is 2. The molecule has 7 nitrogen and oxygen atoms in total. The topological polar surface area (TPSA) is 84.3 Å². The van der Waals surface area contributed by atoms with Crippen molar-refractivity contribution < 1.29 is 14.4 Å². The average molecular weight is 437 g/mol. The van der Waals surface area contributed by atoms with Crippen LogP contribution in [-0.4, -0.2) is 56.8 Å². The van der Waals surface area contributed by atoms with Crippen LogP contribution in [0.5, 0.6) is 0 Å². The molecule has 1 N–H and O–H groups in total. The Morgan fingerprint density at radius 1 is 1.06 bits per heavy atom. The lowest BCUT2D eigenvalue weighted by Crippen LogP contribution is -2.50. The standard InChI is InChI=1S/C23H24N4O3S/c1-15-25-18-9-5-6-10-19(18)26(15)13-12-24-21(28)20(11-14-31-2)27-22(29)16-7-3-4-8-17(16)23(27)30/h3-10,20H,11-14H2,1-2H3,(H,24,28)/t20-/m1/s1. The number of hydrogen-bond donors (Lipinski definition) is 1. The van der Waals surface area contributed by atoms with E-state index < -0.39 is 17.9 Å². The third-order valence-electron chi connectivity index (χ3n) is 5.52. The predicted octanol–water partition coefficient (Wildman–Crippen LogP) is 2.88. The molecule has 2 aromatic carbocycles. The third-order valence-corrected chi connectivity index (χ3v) is 6.16. The number of carbonyl (C=O) groups excluding carboxylic acids is 3. The van der Waals surface area contributed by atoms with E-state index in [-0.39, 0.29) is 5.91 Å². The van der Waals surface area contributed by atoms with Gasteiger partial charge in [0, 0.05) is 13.1 Å². The second kappa shape index (κ2) is 8.93. The quantitative estimate of drug-likeness (QED) is 0.549. The van der Waals surface area contributed by atoms with Crippen LogP contribution >= 0.6 is 11.8 Å². The molecule has 1 aliphatic rings. The van der Waals surface area contributed by atoms with Crippen LogP contribution in [0.2, 0.25) is 0 Å². The normalized spacial score (nSPS) is 14.2. The molecule has 8 heteroatoms. The minimum absolute atomic E-state index is 0.314. The van der Waals surface area contributed by atoms with Crippen LogP contribution in [-0.2, 0) is 11.3 Å². The first-order valence-corrected chi connectivity index (χ1v) is 11.6. The highest BCUT2D eigenvalue weighted by atomic mass is 32.2. The zero-order valence-corrected chi connectivity index (χ0v) is 18.3. The van der Waals surface area contributed by atoms with Crippen molar-refractivity contribution in [2.75, 3.05) is 18.6 Å². The summed E-state index contributed by atoms with van der Waals surface area (Å²) in [7, 11) is 0. The number of nitrogens with zero attached hydrogens (tertiary/aromatic N) is 3. The molecule has 0 unspecified atom stereocenters. The van der Waals surface area contributed by atoms with Crippen LogP contribution < -0.4 is 5.32 Å². The van der Waals surface area contributed by atoms with Gasteiger partial charge in [0.2, 0.25) is 5.91 Å². The maximum absolute atomic E-state index is 13.1. The number of amides is 3. The second-order valence-corrected chi connectivity index (χ2v) is 8.40. The smallest absolute Gasteiger partial charge is 0.262 e. The number of rotatable bonds is 8. The van der Waals surface area contributed by atoms with E-state index in [2.05, 4.69) is 14.9 Å². The number of carbonyl (C=O) groups is 3. The van der Waals surface area contributed by atoms with E-state index in [1.165, 1.54) is 0 Å². The van der Waals surface area contributed by atoms with Crippen LogP contribution in [0.25, 0.3) is 11.0 Å². The molecule has 1 aliphatic heterocycles. The van der Waals surface area contributed by atoms with Crippen molar-refractivity contribution >= 4 is 40.5 Å². The van der Waals surface area contributed by atoms with Gasteiger partial charge >= 0.3 is 0 Å². The molecule has 3 aromatic rings. The number of thioether (sulfide) groups is 1. The number of aryl methyl sites for hydroxylation is 1. The Labute approximate surface area is 184 Å². The lowest BCUT2D eigenvalue weighted by molar-refractivity contribution is -0.125. The SMILES string of the molecule is CSCC[C@H](C(=O)NCCn1c(C)nc2ccccc21)N1C(=O)c2ccccc2C1=O. The molecule has 160 valence electrons. The van der Waals surface area contributed by atoms with Gasteiger partial charge in [-0.05, 0) is 49.6 Å². The van der Waals surface area contributed by atoms with Gasteiger partial charge in [-0.25, -0.2) is 4.98 Å². The fourth-order valence-electron chi connectivity index (χ4n) is 3.98. The maximum Gasteiger partial charge on any atom is 0.262 e. The van der Waals surface area contributed by atoms with E-state index in [1.54, 1.807) is 36.0 Å². The van der Waals surface area contributed by atoms with Crippen LogP contribution in [0.15, 0.2) is 48.5 Å². The van der Waals surface area contributed by atoms with Crippen molar-refractivity contribution in [3.8, 4) is 0 Å². The van der Waals surface area contributed by atoms with Gasteiger partial charge in [0.1, 0.15) is 11.9 Å². The van der Waals surface area contributed by atoms with Gasteiger partial charge in [-0.3, -0.25) is 19.3 Å². The molecule has 0 fully saturated rings. The molecule has 1 aromatic heterocycles. The van der Waals surface area contributed by atoms with Crippen molar-refractivity contribution in [2.45, 2.75) is 25.9 Å². The first-order valence-electron chi connectivity index (χ1n) is 10.2. The molecular weight excluding hydrogens is 412 g/mol. The summed E-state index contributed by atoms with van der Waals surface area (Å²) in [6.45, 7) is 2.86. The summed E-state index contributed by atoms with van der Waals surface area (Å²) >= 11 is 1.58. The molecular formula is C23H24N4O3S. The van der Waals surface area contributed by atoms with Crippen molar-refractivity contribution in [3.05, 3.63) is 65.5 Å². The summed E-state index contributed by atoms with van der Waals surface area (Å²) in [5.41, 5.74) is 2.63. The fraction of sp³-hybridized carbons (Fsp3) is 0.304. The minimum Gasteiger partial charge on any atom is -0.353 e.